The Morgan fingerprint density at radius 1 is 1.30 bits per heavy atom. The highest BCUT2D eigenvalue weighted by Gasteiger charge is 2.15. The van der Waals surface area contributed by atoms with Crippen LogP contribution >= 0.6 is 11.6 Å². The number of nitrogens with two attached hydrogens (primary N) is 1. The lowest BCUT2D eigenvalue weighted by atomic mass is 10.0. The molecule has 114 valence electrons. The first kappa shape index (κ1) is 17.1. The summed E-state index contributed by atoms with van der Waals surface area (Å²) in [5.74, 6) is 1.09. The van der Waals surface area contributed by atoms with Gasteiger partial charge >= 0.3 is 0 Å². The van der Waals surface area contributed by atoms with Crippen LogP contribution in [0.15, 0.2) is 12.1 Å². The maximum atomic E-state index is 11.1. The van der Waals surface area contributed by atoms with E-state index in [0.717, 1.165) is 5.56 Å². The van der Waals surface area contributed by atoms with Gasteiger partial charge in [-0.3, -0.25) is 0 Å². The zero-order valence-electron chi connectivity index (χ0n) is 11.8. The van der Waals surface area contributed by atoms with Crippen molar-refractivity contribution in [2.75, 3.05) is 26.2 Å². The second-order valence-corrected chi connectivity index (χ2v) is 7.28. The van der Waals surface area contributed by atoms with Crippen molar-refractivity contribution in [1.29, 1.82) is 0 Å². The van der Waals surface area contributed by atoms with Crippen LogP contribution in [-0.2, 0) is 9.84 Å². The van der Waals surface area contributed by atoms with E-state index in [4.69, 9.17) is 26.8 Å². The van der Waals surface area contributed by atoms with Crippen LogP contribution in [0.25, 0.3) is 0 Å². The summed E-state index contributed by atoms with van der Waals surface area (Å²) in [4.78, 5) is 0. The Hall–Kier alpha value is -0.980. The Morgan fingerprint density at radius 3 is 2.45 bits per heavy atom. The van der Waals surface area contributed by atoms with Crippen LogP contribution < -0.4 is 15.2 Å². The molecular formula is C13H20ClNO4S. The Morgan fingerprint density at radius 2 is 1.95 bits per heavy atom. The van der Waals surface area contributed by atoms with Gasteiger partial charge in [-0.15, -0.1) is 0 Å². The van der Waals surface area contributed by atoms with E-state index in [1.807, 2.05) is 0 Å². The molecule has 0 saturated carbocycles. The third-order valence-electron chi connectivity index (χ3n) is 2.91. The molecule has 0 bridgehead atoms. The Labute approximate surface area is 124 Å². The molecule has 7 heteroatoms. The largest absolute Gasteiger partial charge is 0.493 e. The molecule has 1 unspecified atom stereocenters. The van der Waals surface area contributed by atoms with Crippen molar-refractivity contribution in [3.63, 3.8) is 0 Å². The number of rotatable bonds is 7. The molecule has 0 aliphatic heterocycles. The van der Waals surface area contributed by atoms with Crippen molar-refractivity contribution in [2.24, 2.45) is 5.73 Å². The van der Waals surface area contributed by atoms with Gasteiger partial charge in [-0.05, 0) is 30.5 Å². The standard InChI is InChI=1S/C13H20ClNO4S/c1-18-12-8-9(7-10(14)13(12)19-2)11(15)5-4-6-20(3,16)17/h7-8,11H,4-6,15H2,1-3H3. The van der Waals surface area contributed by atoms with E-state index in [0.29, 0.717) is 29.4 Å². The first-order chi connectivity index (χ1) is 9.28. The number of hydrogen-bond acceptors (Lipinski definition) is 5. The predicted octanol–water partition coefficient (Wildman–Crippen LogP) is 2.18. The maximum absolute atomic E-state index is 11.1. The third-order valence-corrected chi connectivity index (χ3v) is 4.23. The second-order valence-electron chi connectivity index (χ2n) is 4.62. The van der Waals surface area contributed by atoms with E-state index >= 15 is 0 Å². The second kappa shape index (κ2) is 7.15. The van der Waals surface area contributed by atoms with Crippen LogP contribution in [0.1, 0.15) is 24.4 Å². The first-order valence-corrected chi connectivity index (χ1v) is 8.57. The Bertz CT molecular complexity index is 560. The van der Waals surface area contributed by atoms with E-state index in [2.05, 4.69) is 0 Å². The van der Waals surface area contributed by atoms with Gasteiger partial charge in [-0.1, -0.05) is 11.6 Å². The number of methoxy groups -OCH3 is 2. The van der Waals surface area contributed by atoms with Crippen LogP contribution in [0.5, 0.6) is 11.5 Å². The molecule has 1 aromatic rings. The molecule has 0 amide bonds. The molecule has 0 heterocycles. The molecule has 20 heavy (non-hydrogen) atoms. The third kappa shape index (κ3) is 4.85. The van der Waals surface area contributed by atoms with E-state index in [9.17, 15) is 8.42 Å². The lowest BCUT2D eigenvalue weighted by Crippen LogP contribution is -2.13. The monoisotopic (exact) mass is 321 g/mol. The molecule has 0 radical (unpaired) electrons. The van der Waals surface area contributed by atoms with Crippen molar-refractivity contribution in [3.8, 4) is 11.5 Å². The van der Waals surface area contributed by atoms with Gasteiger partial charge in [-0.25, -0.2) is 8.42 Å². The maximum Gasteiger partial charge on any atom is 0.179 e. The van der Waals surface area contributed by atoms with Crippen LogP contribution in [0.4, 0.5) is 0 Å². The molecule has 0 spiro atoms. The minimum atomic E-state index is -2.96. The fourth-order valence-corrected chi connectivity index (χ4v) is 2.87. The highest BCUT2D eigenvalue weighted by Crippen LogP contribution is 2.37. The van der Waals surface area contributed by atoms with Crippen molar-refractivity contribution in [2.45, 2.75) is 18.9 Å². The molecule has 0 fully saturated rings. The minimum Gasteiger partial charge on any atom is -0.493 e. The summed E-state index contributed by atoms with van der Waals surface area (Å²) in [5, 5.41) is 0.417. The molecule has 0 saturated heterocycles. The van der Waals surface area contributed by atoms with Crippen molar-refractivity contribution >= 4 is 21.4 Å². The van der Waals surface area contributed by atoms with Gasteiger partial charge < -0.3 is 15.2 Å². The molecule has 0 aromatic heterocycles. The van der Waals surface area contributed by atoms with Crippen molar-refractivity contribution in [3.05, 3.63) is 22.7 Å². The molecule has 1 rings (SSSR count). The fourth-order valence-electron chi connectivity index (χ4n) is 1.88. The van der Waals surface area contributed by atoms with Crippen molar-refractivity contribution < 1.29 is 17.9 Å². The zero-order chi connectivity index (χ0) is 15.3. The van der Waals surface area contributed by atoms with Crippen LogP contribution in [-0.4, -0.2) is 34.6 Å². The van der Waals surface area contributed by atoms with E-state index in [-0.39, 0.29) is 11.8 Å². The van der Waals surface area contributed by atoms with Crippen molar-refractivity contribution in [1.82, 2.24) is 0 Å². The SMILES string of the molecule is COc1cc(C(N)CCCS(C)(=O)=O)cc(Cl)c1OC. The topological polar surface area (TPSA) is 78.6 Å². The first-order valence-electron chi connectivity index (χ1n) is 6.13. The lowest BCUT2D eigenvalue weighted by Gasteiger charge is -2.16. The highest BCUT2D eigenvalue weighted by molar-refractivity contribution is 7.90. The van der Waals surface area contributed by atoms with Gasteiger partial charge in [0, 0.05) is 18.1 Å². The summed E-state index contributed by atoms with van der Waals surface area (Å²) in [5.41, 5.74) is 6.85. The Balaban J connectivity index is 2.83. The lowest BCUT2D eigenvalue weighted by molar-refractivity contribution is 0.354. The number of hydrogen-bond donors (Lipinski definition) is 1. The average molecular weight is 322 g/mol. The van der Waals surface area contributed by atoms with Crippen LogP contribution in [0.2, 0.25) is 5.02 Å². The summed E-state index contributed by atoms with van der Waals surface area (Å²) in [7, 11) is 0.0704. The molecule has 2 N–H and O–H groups in total. The van der Waals surface area contributed by atoms with Crippen LogP contribution in [0.3, 0.4) is 0 Å². The normalized spacial score (nSPS) is 13.1. The van der Waals surface area contributed by atoms with E-state index in [1.165, 1.54) is 20.5 Å². The number of benzene rings is 1. The van der Waals surface area contributed by atoms with Crippen LogP contribution in [0, 0.1) is 0 Å². The summed E-state index contributed by atoms with van der Waals surface area (Å²) >= 11 is 6.11. The van der Waals surface area contributed by atoms with Gasteiger partial charge in [-0.2, -0.15) is 0 Å². The van der Waals surface area contributed by atoms with E-state index < -0.39 is 9.84 Å². The molecule has 5 nitrogen and oxygen atoms in total. The fraction of sp³-hybridized carbons (Fsp3) is 0.538. The summed E-state index contributed by atoms with van der Waals surface area (Å²) in [6, 6.07) is 3.18. The molecule has 0 aliphatic rings. The van der Waals surface area contributed by atoms with Gasteiger partial charge in [0.25, 0.3) is 0 Å². The average Bonchev–Trinajstić information content (AvgIpc) is 2.35. The van der Waals surface area contributed by atoms with Gasteiger partial charge in [0.05, 0.1) is 19.2 Å². The summed E-state index contributed by atoms with van der Waals surface area (Å²) < 4.78 is 32.5. The van der Waals surface area contributed by atoms with Gasteiger partial charge in [0.2, 0.25) is 0 Å². The minimum absolute atomic E-state index is 0.127. The highest BCUT2D eigenvalue weighted by atomic mass is 35.5. The Kier molecular flexibility index (Phi) is 6.10. The number of ether oxygens (including phenoxy) is 2. The molecule has 1 aromatic carbocycles. The predicted molar refractivity (Wildman–Crippen MR) is 80.4 cm³/mol. The summed E-state index contributed by atoms with van der Waals surface area (Å²) in [6.07, 6.45) is 2.27. The zero-order valence-corrected chi connectivity index (χ0v) is 13.4. The van der Waals surface area contributed by atoms with E-state index in [1.54, 1.807) is 12.1 Å². The quantitative estimate of drug-likeness (QED) is 0.832. The molecular weight excluding hydrogens is 302 g/mol. The van der Waals surface area contributed by atoms with Gasteiger partial charge in [0.1, 0.15) is 9.84 Å². The number of halogens is 1. The molecule has 1 atom stereocenters. The smallest absolute Gasteiger partial charge is 0.179 e. The van der Waals surface area contributed by atoms with Gasteiger partial charge in [0.15, 0.2) is 11.5 Å². The summed E-state index contributed by atoms with van der Waals surface area (Å²) in [6.45, 7) is 0. The molecule has 0 aliphatic carbocycles. The number of sulfone groups is 1.